The monoisotopic (exact) mass is 228 g/mol. The van der Waals surface area contributed by atoms with Crippen LogP contribution in [-0.4, -0.2) is 24.0 Å². The van der Waals surface area contributed by atoms with Crippen molar-refractivity contribution in [1.29, 1.82) is 0 Å². The van der Waals surface area contributed by atoms with Crippen molar-refractivity contribution >= 4 is 23.2 Å². The molecule has 1 heterocycles. The molecule has 1 amide bonds. The quantitative estimate of drug-likeness (QED) is 0.754. The first-order valence-corrected chi connectivity index (χ1v) is 5.32. The largest absolute Gasteiger partial charge is 0.469 e. The number of nitrogens with zero attached hydrogens (tertiary/aromatic N) is 1. The molecule has 6 heteroatoms. The van der Waals surface area contributed by atoms with Crippen molar-refractivity contribution in [3.05, 3.63) is 16.6 Å². The maximum atomic E-state index is 11.2. The highest BCUT2D eigenvalue weighted by Gasteiger charge is 2.06. The third kappa shape index (κ3) is 4.55. The highest BCUT2D eigenvalue weighted by Crippen LogP contribution is 2.02. The smallest absolute Gasteiger partial charge is 0.306 e. The number of ether oxygens (including phenoxy) is 1. The van der Waals surface area contributed by atoms with Gasteiger partial charge in [-0.3, -0.25) is 9.59 Å². The molecular weight excluding hydrogens is 216 g/mol. The molecule has 1 rings (SSSR count). The number of hydrogen-bond donors (Lipinski definition) is 1. The molecular formula is C9H12N2O3S. The SMILES string of the molecule is COC(=O)CCC(=O)NCc1nccs1. The molecule has 15 heavy (non-hydrogen) atoms. The number of esters is 1. The molecule has 0 spiro atoms. The molecule has 1 aromatic heterocycles. The Morgan fingerprint density at radius 2 is 2.33 bits per heavy atom. The fraction of sp³-hybridized carbons (Fsp3) is 0.444. The van der Waals surface area contributed by atoms with Crippen LogP contribution in [0, 0.1) is 0 Å². The van der Waals surface area contributed by atoms with Crippen molar-refractivity contribution in [2.24, 2.45) is 0 Å². The Bertz CT molecular complexity index is 324. The van der Waals surface area contributed by atoms with Gasteiger partial charge in [0.05, 0.1) is 20.1 Å². The second-order valence-corrected chi connectivity index (χ2v) is 3.76. The standard InChI is InChI=1S/C9H12N2O3S/c1-14-9(13)3-2-7(12)11-6-8-10-4-5-15-8/h4-5H,2-3,6H2,1H3,(H,11,12). The van der Waals surface area contributed by atoms with Gasteiger partial charge in [-0.1, -0.05) is 0 Å². The zero-order valence-electron chi connectivity index (χ0n) is 8.36. The van der Waals surface area contributed by atoms with Crippen LogP contribution in [0.15, 0.2) is 11.6 Å². The van der Waals surface area contributed by atoms with Gasteiger partial charge in [-0.05, 0) is 0 Å². The lowest BCUT2D eigenvalue weighted by molar-refractivity contribution is -0.142. The van der Waals surface area contributed by atoms with E-state index < -0.39 is 0 Å². The van der Waals surface area contributed by atoms with Crippen LogP contribution >= 0.6 is 11.3 Å². The molecule has 0 saturated heterocycles. The van der Waals surface area contributed by atoms with Gasteiger partial charge in [-0.15, -0.1) is 11.3 Å². The molecule has 0 atom stereocenters. The zero-order valence-corrected chi connectivity index (χ0v) is 9.17. The van der Waals surface area contributed by atoms with Gasteiger partial charge in [-0.25, -0.2) is 4.98 Å². The second-order valence-electron chi connectivity index (χ2n) is 2.78. The van der Waals surface area contributed by atoms with Crippen LogP contribution in [0.5, 0.6) is 0 Å². The van der Waals surface area contributed by atoms with Crippen LogP contribution in [-0.2, 0) is 20.9 Å². The van der Waals surface area contributed by atoms with Crippen LogP contribution in [0.3, 0.4) is 0 Å². The highest BCUT2D eigenvalue weighted by molar-refractivity contribution is 7.09. The Balaban J connectivity index is 2.16. The normalized spacial score (nSPS) is 9.67. The van der Waals surface area contributed by atoms with Gasteiger partial charge in [-0.2, -0.15) is 0 Å². The first-order chi connectivity index (χ1) is 7.22. The summed E-state index contributed by atoms with van der Waals surface area (Å²) < 4.78 is 4.42. The number of aromatic nitrogens is 1. The summed E-state index contributed by atoms with van der Waals surface area (Å²) in [5.74, 6) is -0.546. The van der Waals surface area contributed by atoms with Crippen LogP contribution in [0.1, 0.15) is 17.8 Å². The van der Waals surface area contributed by atoms with Gasteiger partial charge >= 0.3 is 5.97 Å². The van der Waals surface area contributed by atoms with Gasteiger partial charge in [0.15, 0.2) is 0 Å². The minimum atomic E-state index is -0.376. The Kier molecular flexibility index (Phi) is 4.76. The molecule has 0 aliphatic carbocycles. The molecule has 82 valence electrons. The van der Waals surface area contributed by atoms with Crippen molar-refractivity contribution in [1.82, 2.24) is 10.3 Å². The van der Waals surface area contributed by atoms with Crippen LogP contribution in [0.4, 0.5) is 0 Å². The van der Waals surface area contributed by atoms with Gasteiger partial charge in [0.25, 0.3) is 0 Å². The van der Waals surface area contributed by atoms with Crippen molar-refractivity contribution in [2.75, 3.05) is 7.11 Å². The van der Waals surface area contributed by atoms with Crippen molar-refractivity contribution in [2.45, 2.75) is 19.4 Å². The Labute approximate surface area is 91.5 Å². The summed E-state index contributed by atoms with van der Waals surface area (Å²) in [6.45, 7) is 0.414. The number of amides is 1. The van der Waals surface area contributed by atoms with E-state index in [1.807, 2.05) is 5.38 Å². The van der Waals surface area contributed by atoms with Crippen LogP contribution < -0.4 is 5.32 Å². The number of carbonyl (C=O) groups is 2. The maximum absolute atomic E-state index is 11.2. The molecule has 0 fully saturated rings. The van der Waals surface area contributed by atoms with Crippen molar-refractivity contribution in [3.63, 3.8) is 0 Å². The lowest BCUT2D eigenvalue weighted by Crippen LogP contribution is -2.23. The number of thiazole rings is 1. The van der Waals surface area contributed by atoms with Gasteiger partial charge in [0.2, 0.25) is 5.91 Å². The summed E-state index contributed by atoms with van der Waals surface area (Å²) in [5.41, 5.74) is 0. The number of nitrogens with one attached hydrogen (secondary N) is 1. The molecule has 0 aliphatic rings. The number of carbonyl (C=O) groups excluding carboxylic acids is 2. The van der Waals surface area contributed by atoms with E-state index in [9.17, 15) is 9.59 Å². The second kappa shape index (κ2) is 6.13. The highest BCUT2D eigenvalue weighted by atomic mass is 32.1. The molecule has 0 bridgehead atoms. The molecule has 1 aromatic rings. The van der Waals surface area contributed by atoms with Gasteiger partial charge in [0, 0.05) is 18.0 Å². The van der Waals surface area contributed by atoms with Crippen LogP contribution in [0.25, 0.3) is 0 Å². The van der Waals surface area contributed by atoms with E-state index in [0.717, 1.165) is 5.01 Å². The summed E-state index contributed by atoms with van der Waals surface area (Å²) in [5, 5.41) is 5.36. The molecule has 0 aliphatic heterocycles. The first-order valence-electron chi connectivity index (χ1n) is 4.44. The summed E-state index contributed by atoms with van der Waals surface area (Å²) in [6.07, 6.45) is 1.94. The Hall–Kier alpha value is -1.43. The lowest BCUT2D eigenvalue weighted by atomic mass is 10.3. The lowest BCUT2D eigenvalue weighted by Gasteiger charge is -2.01. The molecule has 0 saturated carbocycles. The molecule has 0 unspecified atom stereocenters. The predicted molar refractivity (Wildman–Crippen MR) is 55.2 cm³/mol. The first kappa shape index (κ1) is 11.6. The summed E-state index contributed by atoms with van der Waals surface area (Å²) in [7, 11) is 1.30. The average Bonchev–Trinajstić information content (AvgIpc) is 2.75. The van der Waals surface area contributed by atoms with E-state index in [0.29, 0.717) is 6.54 Å². The zero-order chi connectivity index (χ0) is 11.1. The maximum Gasteiger partial charge on any atom is 0.306 e. The number of rotatable bonds is 5. The van der Waals surface area contributed by atoms with E-state index in [4.69, 9.17) is 0 Å². The molecule has 5 nitrogen and oxygen atoms in total. The minimum absolute atomic E-state index is 0.111. The average molecular weight is 228 g/mol. The topological polar surface area (TPSA) is 68.3 Å². The van der Waals surface area contributed by atoms with Gasteiger partial charge < -0.3 is 10.1 Å². The summed E-state index contributed by atoms with van der Waals surface area (Å²) >= 11 is 1.48. The predicted octanol–water partition coefficient (Wildman–Crippen LogP) is 0.712. The fourth-order valence-corrected chi connectivity index (χ4v) is 1.48. The van der Waals surface area contributed by atoms with E-state index in [2.05, 4.69) is 15.0 Å². The third-order valence-corrected chi connectivity index (χ3v) is 2.48. The van der Waals surface area contributed by atoms with Crippen LogP contribution in [0.2, 0.25) is 0 Å². The van der Waals surface area contributed by atoms with Gasteiger partial charge in [0.1, 0.15) is 5.01 Å². The van der Waals surface area contributed by atoms with E-state index >= 15 is 0 Å². The Morgan fingerprint density at radius 3 is 2.93 bits per heavy atom. The summed E-state index contributed by atoms with van der Waals surface area (Å²) in [6, 6.07) is 0. The minimum Gasteiger partial charge on any atom is -0.469 e. The third-order valence-electron chi connectivity index (χ3n) is 1.70. The number of methoxy groups -OCH3 is 1. The van der Waals surface area contributed by atoms with Crippen molar-refractivity contribution in [3.8, 4) is 0 Å². The molecule has 0 aromatic carbocycles. The summed E-state index contributed by atoms with van der Waals surface area (Å²) in [4.78, 5) is 26.0. The number of hydrogen-bond acceptors (Lipinski definition) is 5. The van der Waals surface area contributed by atoms with E-state index in [-0.39, 0.29) is 24.7 Å². The molecule has 1 N–H and O–H groups in total. The van der Waals surface area contributed by atoms with Crippen molar-refractivity contribution < 1.29 is 14.3 Å². The molecule has 0 radical (unpaired) electrons. The van der Waals surface area contributed by atoms with E-state index in [1.165, 1.54) is 18.4 Å². The Morgan fingerprint density at radius 1 is 1.53 bits per heavy atom. The fourth-order valence-electron chi connectivity index (χ4n) is 0.921. The van der Waals surface area contributed by atoms with E-state index in [1.54, 1.807) is 6.20 Å².